The van der Waals surface area contributed by atoms with Crippen molar-refractivity contribution >= 4 is 127 Å². The van der Waals surface area contributed by atoms with Gasteiger partial charge in [0.25, 0.3) is 5.97 Å². The average Bonchev–Trinajstić information content (AvgIpc) is 3.67. The summed E-state index contributed by atoms with van der Waals surface area (Å²) in [4.78, 5) is 29.2. The van der Waals surface area contributed by atoms with Crippen molar-refractivity contribution in [3.63, 3.8) is 0 Å². The Morgan fingerprint density at radius 3 is 1.26 bits per heavy atom. The largest absolute Gasteiger partial charge is 2.00 e. The smallest absolute Gasteiger partial charge is 1.00 e. The summed E-state index contributed by atoms with van der Waals surface area (Å²) in [6.45, 7) is 26.4. The molecule has 0 aliphatic carbocycles. The SMILES string of the molecule is Br.C/C=C(\C)CCCCl.C1CO1.CC.CC(=O)CCCCl.CC(=O)O.CC(=O)OC(C)C.CCC.CCC.[2HH].[H-].[H-].[H-].[H-].[H-].[H-].[HH].[Mg+2].[Mg+2].[Mg+2].[OH3+]. The molecule has 1 rings (SSSR count). The van der Waals surface area contributed by atoms with E-state index < -0.39 is 5.97 Å². The number of ketones is 1. The first-order valence-electron chi connectivity index (χ1n) is 13.4. The molecule has 260 valence electrons. The molecule has 13 heteroatoms. The zero-order valence-electron chi connectivity index (χ0n) is 35.6. The van der Waals surface area contributed by atoms with Gasteiger partial charge in [-0.3, -0.25) is 9.59 Å². The van der Waals surface area contributed by atoms with Crippen LogP contribution in [0.5, 0.6) is 0 Å². The first-order valence-corrected chi connectivity index (χ1v) is 14.5. The minimum Gasteiger partial charge on any atom is -1.00 e. The summed E-state index contributed by atoms with van der Waals surface area (Å²) in [7, 11) is 0. The van der Waals surface area contributed by atoms with Crippen LogP contribution in [0.2, 0.25) is 0 Å². The zero-order chi connectivity index (χ0) is 31.1. The quantitative estimate of drug-likeness (QED) is 0.0689. The molecule has 0 unspecified atom stereocenters. The first-order chi connectivity index (χ1) is 17.3. The van der Waals surface area contributed by atoms with E-state index in [0.29, 0.717) is 12.3 Å². The Morgan fingerprint density at radius 1 is 0.905 bits per heavy atom. The van der Waals surface area contributed by atoms with E-state index in [1.165, 1.54) is 25.3 Å². The number of esters is 1. The van der Waals surface area contributed by atoms with E-state index in [1.807, 2.05) is 27.7 Å². The fourth-order valence-electron chi connectivity index (χ4n) is 1.14. The van der Waals surface area contributed by atoms with Crippen LogP contribution < -0.4 is 0 Å². The molecule has 0 radical (unpaired) electrons. The number of hydrogen-bond donors (Lipinski definition) is 1. The van der Waals surface area contributed by atoms with Gasteiger partial charge in [-0.1, -0.05) is 66.0 Å². The Morgan fingerprint density at radius 2 is 1.17 bits per heavy atom. The summed E-state index contributed by atoms with van der Waals surface area (Å²) in [6.07, 6.45) is 8.36. The fourth-order valence-corrected chi connectivity index (χ4v) is 1.40. The number of carbonyl (C=O) groups excluding carboxylic acids is 2. The molecule has 1 aliphatic rings. The molecular weight excluding hydrogens is 684 g/mol. The van der Waals surface area contributed by atoms with Crippen LogP contribution in [-0.2, 0) is 29.3 Å². The van der Waals surface area contributed by atoms with E-state index in [4.69, 9.17) is 33.1 Å². The van der Waals surface area contributed by atoms with Gasteiger partial charge >= 0.3 is 75.1 Å². The van der Waals surface area contributed by atoms with Crippen molar-refractivity contribution in [1.29, 1.82) is 0 Å². The van der Waals surface area contributed by atoms with Crippen molar-refractivity contribution in [3.8, 4) is 0 Å². The molecule has 0 amide bonds. The number of carboxylic acids is 1. The number of allylic oxidation sites excluding steroid dienone is 2. The van der Waals surface area contributed by atoms with E-state index >= 15 is 0 Å². The van der Waals surface area contributed by atoms with Crippen molar-refractivity contribution in [2.24, 2.45) is 0 Å². The van der Waals surface area contributed by atoms with Gasteiger partial charge in [0.2, 0.25) is 0 Å². The van der Waals surface area contributed by atoms with Crippen LogP contribution in [0.1, 0.15) is 140 Å². The molecule has 1 aliphatic heterocycles. The van der Waals surface area contributed by atoms with Crippen molar-refractivity contribution in [2.75, 3.05) is 25.0 Å². The molecule has 0 aromatic carbocycles. The first kappa shape index (κ1) is 79.3. The van der Waals surface area contributed by atoms with Crippen LogP contribution in [0.25, 0.3) is 0 Å². The molecule has 0 spiro atoms. The van der Waals surface area contributed by atoms with E-state index in [2.05, 4.69) is 57.1 Å². The predicted octanol–water partition coefficient (Wildman–Crippen LogP) is 9.17. The number of carbonyl (C=O) groups is 3. The van der Waals surface area contributed by atoms with Crippen LogP contribution in [0.4, 0.5) is 0 Å². The van der Waals surface area contributed by atoms with Crippen LogP contribution in [-0.4, -0.2) is 123 Å². The molecule has 1 fully saturated rings. The van der Waals surface area contributed by atoms with Crippen molar-refractivity contribution in [3.05, 3.63) is 11.6 Å². The second-order valence-electron chi connectivity index (χ2n) is 7.63. The van der Waals surface area contributed by atoms with Gasteiger partial charge < -0.3 is 33.4 Å². The molecule has 0 atom stereocenters. The van der Waals surface area contributed by atoms with Gasteiger partial charge in [-0.05, 0) is 53.9 Å². The Balaban J connectivity index is -0.0000000113. The minimum atomic E-state index is -0.833. The van der Waals surface area contributed by atoms with Gasteiger partial charge in [0.1, 0.15) is 5.78 Å². The summed E-state index contributed by atoms with van der Waals surface area (Å²) in [5, 5.41) is 7.42. The van der Waals surface area contributed by atoms with Crippen LogP contribution >= 0.6 is 40.2 Å². The van der Waals surface area contributed by atoms with Crippen molar-refractivity contribution in [1.82, 2.24) is 0 Å². The molecule has 42 heavy (non-hydrogen) atoms. The van der Waals surface area contributed by atoms with Gasteiger partial charge in [-0.15, -0.1) is 40.2 Å². The molecular formula is C29H76BrCl2Mg3O7+. The van der Waals surface area contributed by atoms with Crippen LogP contribution in [0.3, 0.4) is 0 Å². The molecule has 1 heterocycles. The second-order valence-corrected chi connectivity index (χ2v) is 8.38. The Hall–Kier alpha value is 1.63. The van der Waals surface area contributed by atoms with E-state index in [9.17, 15) is 9.59 Å². The number of aliphatic carboxylic acids is 1. The summed E-state index contributed by atoms with van der Waals surface area (Å²) in [6, 6.07) is 0. The number of rotatable bonds is 7. The Bertz CT molecular complexity index is 499. The van der Waals surface area contributed by atoms with Gasteiger partial charge in [-0.2, -0.15) is 0 Å². The molecule has 1 saturated heterocycles. The molecule has 0 aromatic rings. The third kappa shape index (κ3) is 249. The summed E-state index contributed by atoms with van der Waals surface area (Å²) in [5.74, 6) is 0.556. The third-order valence-corrected chi connectivity index (χ3v) is 3.00. The maximum atomic E-state index is 10.1. The van der Waals surface area contributed by atoms with Crippen LogP contribution in [0, 0.1) is 0 Å². The number of alkyl halides is 2. The van der Waals surface area contributed by atoms with Gasteiger partial charge in [0.05, 0.1) is 19.3 Å². The number of ether oxygens (including phenoxy) is 2. The van der Waals surface area contributed by atoms with Crippen LogP contribution in [0.15, 0.2) is 11.6 Å². The standard InChI is InChI=1S/C7H13Cl.C5H9ClO.C5H10O2.2C3H8.C2H4O2.C2H4O.C2H6.BrH.3Mg.H2O.2H2.6H/c1-3-7(2)5-4-6-8;1-5(7)3-2-4-6;1-4(2)7-5(3)6;2*1-3-2;1-2(3)4;1-2-3-1;1-2;;;;;;;;;;;;;/h3H,4-6H2,1-2H3;2-4H2,1H3;4H,1-3H3;2*3H2,1-2H3;1H3,(H,3,4);1-2H2;1-2H3;1H;;;;1H2;2*1H;;;;;;/q;;;;;;;;;3*+2;;;;6*-1/p+1/b7-3+;;;;;;;;;;;;;;;;;;;;/i;;;;;;;;;;;;;1+1;;;;;;;. The summed E-state index contributed by atoms with van der Waals surface area (Å²) in [5.41, 5.74) is 1.44. The predicted molar refractivity (Wildman–Crippen MR) is 208 cm³/mol. The number of carboxylic acid groups (broad SMARTS) is 1. The Labute approximate surface area is 341 Å². The molecule has 7 nitrogen and oxygen atoms in total. The summed E-state index contributed by atoms with van der Waals surface area (Å²) < 4.78 is 9.11. The van der Waals surface area contributed by atoms with Gasteiger partial charge in [0.15, 0.2) is 0 Å². The maximum Gasteiger partial charge on any atom is 2.00 e. The van der Waals surface area contributed by atoms with E-state index in [1.54, 1.807) is 6.92 Å². The van der Waals surface area contributed by atoms with E-state index in [-0.39, 0.29) is 121 Å². The normalized spacial score (nSPS) is 8.62. The second kappa shape index (κ2) is 84.2. The Kier molecular flexibility index (Phi) is 159. The van der Waals surface area contributed by atoms with Crippen molar-refractivity contribution < 1.29 is 45.9 Å². The number of halogens is 3. The monoisotopic (exact) mass is 758 g/mol. The third-order valence-electron chi connectivity index (χ3n) is 2.47. The maximum absolute atomic E-state index is 10.1. The van der Waals surface area contributed by atoms with E-state index in [0.717, 1.165) is 45.3 Å². The number of Topliss-reactive ketones (excluding diaryl/α,β-unsaturated/α-hetero) is 1. The van der Waals surface area contributed by atoms with Gasteiger partial charge in [0, 0.05) is 34.9 Å². The minimum absolute atomic E-state index is 0. The molecule has 0 saturated carbocycles. The van der Waals surface area contributed by atoms with Gasteiger partial charge in [-0.25, -0.2) is 0 Å². The molecule has 0 bridgehead atoms. The summed E-state index contributed by atoms with van der Waals surface area (Å²) >= 11 is 10.8. The van der Waals surface area contributed by atoms with Crippen molar-refractivity contribution in [2.45, 2.75) is 135 Å². The zero-order valence-corrected chi connectivity index (χ0v) is 37.0. The number of hydrogen-bond acceptors (Lipinski definition) is 5. The fraction of sp³-hybridized carbons (Fsp3) is 0.828. The number of epoxide rings is 1. The average molecular weight is 762 g/mol. The topological polar surface area (TPSA) is 126 Å². The molecule has 0 aromatic heterocycles. The molecule has 4 N–H and O–H groups in total.